The summed E-state index contributed by atoms with van der Waals surface area (Å²) in [5.41, 5.74) is 7.90. The molecule has 14 heavy (non-hydrogen) atoms. The Bertz CT molecular complexity index is 375. The van der Waals surface area contributed by atoms with Crippen LogP contribution in [0.4, 0.5) is 19.0 Å². The number of carbonyl (C=O) groups excluding carboxylic acids is 1. The number of pyridine rings is 1. The Hall–Kier alpha value is -1.79. The number of nitrogens with zero attached hydrogens (tertiary/aromatic N) is 1. The minimum absolute atomic E-state index is 0.521. The van der Waals surface area contributed by atoms with Crippen LogP contribution in [-0.2, 0) is 6.18 Å². The van der Waals surface area contributed by atoms with E-state index < -0.39 is 29.0 Å². The van der Waals surface area contributed by atoms with Crippen molar-refractivity contribution in [2.75, 3.05) is 5.73 Å². The van der Waals surface area contributed by atoms with Gasteiger partial charge in [-0.1, -0.05) is 0 Å². The molecule has 0 aliphatic carbocycles. The van der Waals surface area contributed by atoms with Gasteiger partial charge in [0, 0.05) is 6.20 Å². The minimum Gasteiger partial charge on any atom is -0.383 e. The van der Waals surface area contributed by atoms with Gasteiger partial charge in [-0.25, -0.2) is 4.98 Å². The summed E-state index contributed by atoms with van der Waals surface area (Å²) in [5.74, 6) is -1.77. The molecule has 4 N–H and O–H groups in total. The number of amides is 1. The lowest BCUT2D eigenvalue weighted by Crippen LogP contribution is -2.21. The Morgan fingerprint density at radius 3 is 2.36 bits per heavy atom. The smallest absolute Gasteiger partial charge is 0.383 e. The summed E-state index contributed by atoms with van der Waals surface area (Å²) in [7, 11) is 0. The maximum atomic E-state index is 12.3. The van der Waals surface area contributed by atoms with Crippen molar-refractivity contribution < 1.29 is 18.0 Å². The molecule has 0 unspecified atom stereocenters. The molecule has 4 nitrogen and oxygen atoms in total. The first-order valence-electron chi connectivity index (χ1n) is 3.45. The Kier molecular flexibility index (Phi) is 2.33. The van der Waals surface area contributed by atoms with Crippen molar-refractivity contribution in [1.29, 1.82) is 0 Å². The van der Waals surface area contributed by atoms with Crippen molar-refractivity contribution in [3.8, 4) is 0 Å². The molecular formula is C7H6F3N3O. The third-order valence-electron chi connectivity index (χ3n) is 1.53. The number of halogens is 3. The average molecular weight is 205 g/mol. The second kappa shape index (κ2) is 3.17. The van der Waals surface area contributed by atoms with Gasteiger partial charge >= 0.3 is 6.18 Å². The van der Waals surface area contributed by atoms with Crippen molar-refractivity contribution in [1.82, 2.24) is 4.98 Å². The number of carbonyl (C=O) groups is 1. The van der Waals surface area contributed by atoms with E-state index in [4.69, 9.17) is 11.5 Å². The van der Waals surface area contributed by atoms with Crippen molar-refractivity contribution in [3.05, 3.63) is 23.4 Å². The first-order chi connectivity index (χ1) is 6.34. The van der Waals surface area contributed by atoms with Crippen LogP contribution in [-0.4, -0.2) is 10.9 Å². The van der Waals surface area contributed by atoms with Crippen LogP contribution in [0.3, 0.4) is 0 Å². The molecule has 1 heterocycles. The average Bonchev–Trinajstić information content (AvgIpc) is 2.01. The van der Waals surface area contributed by atoms with Gasteiger partial charge < -0.3 is 11.5 Å². The van der Waals surface area contributed by atoms with Gasteiger partial charge in [-0.2, -0.15) is 13.2 Å². The first-order valence-corrected chi connectivity index (χ1v) is 3.45. The van der Waals surface area contributed by atoms with E-state index in [1.54, 1.807) is 0 Å². The van der Waals surface area contributed by atoms with E-state index in [0.29, 0.717) is 6.07 Å². The van der Waals surface area contributed by atoms with E-state index in [1.807, 2.05) is 0 Å². The molecule has 1 amide bonds. The van der Waals surface area contributed by atoms with Crippen LogP contribution < -0.4 is 11.5 Å². The number of alkyl halides is 3. The number of nitrogens with two attached hydrogens (primary N) is 2. The lowest BCUT2D eigenvalue weighted by Gasteiger charge is -2.11. The predicted molar refractivity (Wildman–Crippen MR) is 42.2 cm³/mol. The lowest BCUT2D eigenvalue weighted by atomic mass is 10.1. The number of aromatic nitrogens is 1. The number of primary amides is 1. The van der Waals surface area contributed by atoms with Gasteiger partial charge in [0.05, 0.1) is 11.1 Å². The van der Waals surface area contributed by atoms with Crippen LogP contribution in [0.15, 0.2) is 12.3 Å². The summed E-state index contributed by atoms with van der Waals surface area (Å²) in [6.07, 6.45) is -3.80. The third-order valence-corrected chi connectivity index (χ3v) is 1.53. The fourth-order valence-electron chi connectivity index (χ4n) is 0.973. The molecule has 0 radical (unpaired) electrons. The van der Waals surface area contributed by atoms with Gasteiger partial charge in [0.2, 0.25) is 0 Å². The lowest BCUT2D eigenvalue weighted by molar-refractivity contribution is -0.137. The zero-order chi connectivity index (χ0) is 10.9. The topological polar surface area (TPSA) is 82.0 Å². The van der Waals surface area contributed by atoms with Crippen molar-refractivity contribution in [2.45, 2.75) is 6.18 Å². The largest absolute Gasteiger partial charge is 0.417 e. The fraction of sp³-hybridized carbons (Fsp3) is 0.143. The summed E-state index contributed by atoms with van der Waals surface area (Å²) in [5, 5.41) is 0. The monoisotopic (exact) mass is 205 g/mol. The number of anilines is 1. The van der Waals surface area contributed by atoms with Gasteiger partial charge in [-0.05, 0) is 6.07 Å². The molecule has 1 aromatic rings. The molecule has 0 aliphatic rings. The Balaban J connectivity index is 3.44. The molecule has 0 atom stereocenters. The summed E-state index contributed by atoms with van der Waals surface area (Å²) in [6, 6.07) is 0.649. The highest BCUT2D eigenvalue weighted by atomic mass is 19.4. The highest BCUT2D eigenvalue weighted by Crippen LogP contribution is 2.32. The van der Waals surface area contributed by atoms with Gasteiger partial charge in [-0.3, -0.25) is 4.79 Å². The molecule has 0 saturated carbocycles. The van der Waals surface area contributed by atoms with Crippen molar-refractivity contribution in [2.24, 2.45) is 5.73 Å². The maximum absolute atomic E-state index is 12.3. The van der Waals surface area contributed by atoms with Crippen LogP contribution in [0.5, 0.6) is 0 Å². The van der Waals surface area contributed by atoms with E-state index >= 15 is 0 Å². The Labute approximate surface area is 76.7 Å². The third kappa shape index (κ3) is 1.76. The molecule has 0 saturated heterocycles. The highest BCUT2D eigenvalue weighted by molar-refractivity contribution is 5.98. The molecule has 7 heteroatoms. The second-order valence-corrected chi connectivity index (χ2v) is 2.48. The molecule has 0 bridgehead atoms. The molecule has 0 fully saturated rings. The van der Waals surface area contributed by atoms with Crippen molar-refractivity contribution in [3.63, 3.8) is 0 Å². The summed E-state index contributed by atoms with van der Waals surface area (Å²) in [4.78, 5) is 14.0. The van der Waals surface area contributed by atoms with Gasteiger partial charge in [0.15, 0.2) is 0 Å². The van der Waals surface area contributed by atoms with E-state index in [1.165, 1.54) is 0 Å². The molecule has 0 spiro atoms. The van der Waals surface area contributed by atoms with E-state index in [-0.39, 0.29) is 0 Å². The molecule has 0 aliphatic heterocycles. The number of hydrogen-bond acceptors (Lipinski definition) is 3. The summed E-state index contributed by atoms with van der Waals surface area (Å²) < 4.78 is 36.9. The van der Waals surface area contributed by atoms with Gasteiger partial charge in [0.1, 0.15) is 5.82 Å². The van der Waals surface area contributed by atoms with E-state index in [0.717, 1.165) is 6.20 Å². The molecule has 76 valence electrons. The van der Waals surface area contributed by atoms with Crippen LogP contribution in [0.1, 0.15) is 15.9 Å². The molecule has 0 aromatic carbocycles. The number of hydrogen-bond donors (Lipinski definition) is 2. The van der Waals surface area contributed by atoms with E-state index in [9.17, 15) is 18.0 Å². The SMILES string of the molecule is NC(=O)c1c(C(F)(F)F)ccnc1N. The quantitative estimate of drug-likeness (QED) is 0.710. The maximum Gasteiger partial charge on any atom is 0.417 e. The Morgan fingerprint density at radius 1 is 1.43 bits per heavy atom. The summed E-state index contributed by atoms with van der Waals surface area (Å²) >= 11 is 0. The van der Waals surface area contributed by atoms with Gasteiger partial charge in [-0.15, -0.1) is 0 Å². The van der Waals surface area contributed by atoms with Crippen LogP contribution in [0.2, 0.25) is 0 Å². The fourth-order valence-corrected chi connectivity index (χ4v) is 0.973. The number of rotatable bonds is 1. The highest BCUT2D eigenvalue weighted by Gasteiger charge is 2.36. The molecular weight excluding hydrogens is 199 g/mol. The zero-order valence-electron chi connectivity index (χ0n) is 6.80. The molecule has 1 rings (SSSR count). The molecule has 1 aromatic heterocycles. The normalized spacial score (nSPS) is 11.4. The van der Waals surface area contributed by atoms with Gasteiger partial charge in [0.25, 0.3) is 5.91 Å². The first kappa shape index (κ1) is 10.3. The Morgan fingerprint density at radius 2 is 2.00 bits per heavy atom. The zero-order valence-corrected chi connectivity index (χ0v) is 6.80. The second-order valence-electron chi connectivity index (χ2n) is 2.48. The minimum atomic E-state index is -4.67. The van der Waals surface area contributed by atoms with Crippen LogP contribution in [0.25, 0.3) is 0 Å². The van der Waals surface area contributed by atoms with E-state index in [2.05, 4.69) is 4.98 Å². The predicted octanol–water partition coefficient (Wildman–Crippen LogP) is 0.782. The standard InChI is InChI=1S/C7H6F3N3O/c8-7(9,10)3-1-2-13-5(11)4(3)6(12)14/h1-2H,(H2,11,13)(H2,12,14). The number of nitrogen functional groups attached to an aromatic ring is 1. The van der Waals surface area contributed by atoms with Crippen LogP contribution >= 0.6 is 0 Å². The van der Waals surface area contributed by atoms with Crippen molar-refractivity contribution >= 4 is 11.7 Å². The van der Waals surface area contributed by atoms with Crippen LogP contribution in [0, 0.1) is 0 Å². The summed E-state index contributed by atoms with van der Waals surface area (Å²) in [6.45, 7) is 0.